The maximum absolute atomic E-state index is 12.1. The normalized spacial score (nSPS) is 14.5. The largest absolute Gasteiger partial charge is 0.490 e. The number of fused-ring (bicyclic) bond motifs is 1. The van der Waals surface area contributed by atoms with Crippen LogP contribution in [0.15, 0.2) is 42.5 Å². The Kier molecular flexibility index (Phi) is 7.98. The smallest absolute Gasteiger partial charge is 0.309 e. The molecule has 1 heterocycles. The van der Waals surface area contributed by atoms with Gasteiger partial charge in [-0.1, -0.05) is 18.2 Å². The van der Waals surface area contributed by atoms with Gasteiger partial charge in [0, 0.05) is 6.54 Å². The number of rotatable bonds is 9. The molecular weight excluding hydrogens is 400 g/mol. The number of carbonyl (C=O) groups excluding carboxylic acids is 2. The first-order chi connectivity index (χ1) is 15.1. The number of carbonyl (C=O) groups is 2. The number of para-hydroxylation sites is 2. The van der Waals surface area contributed by atoms with E-state index < -0.39 is 11.8 Å². The zero-order chi connectivity index (χ0) is 22.1. The summed E-state index contributed by atoms with van der Waals surface area (Å²) < 4.78 is 22.5. The summed E-state index contributed by atoms with van der Waals surface area (Å²) in [7, 11) is 0. The number of hydrogen-bond acceptors (Lipinski definition) is 6. The fraction of sp³-hybridized carbons (Fsp3) is 0.391. The Bertz CT molecular complexity index is 901. The molecule has 2 N–H and O–H groups in total. The second-order valence-electron chi connectivity index (χ2n) is 6.86. The molecule has 0 radical (unpaired) electrons. The molecule has 0 saturated heterocycles. The second kappa shape index (κ2) is 11.1. The van der Waals surface area contributed by atoms with Crippen molar-refractivity contribution < 1.29 is 28.5 Å². The van der Waals surface area contributed by atoms with Crippen LogP contribution in [-0.2, 0) is 16.0 Å². The highest BCUT2D eigenvalue weighted by Gasteiger charge is 2.22. The van der Waals surface area contributed by atoms with Gasteiger partial charge in [-0.15, -0.1) is 0 Å². The lowest BCUT2D eigenvalue weighted by atomic mass is 10.1. The molecule has 0 bridgehead atoms. The zero-order valence-corrected chi connectivity index (χ0v) is 17.8. The first-order valence-corrected chi connectivity index (χ1v) is 10.4. The van der Waals surface area contributed by atoms with Crippen molar-refractivity contribution in [1.29, 1.82) is 0 Å². The monoisotopic (exact) mass is 428 g/mol. The third kappa shape index (κ3) is 6.28. The van der Waals surface area contributed by atoms with E-state index in [9.17, 15) is 9.59 Å². The van der Waals surface area contributed by atoms with Crippen LogP contribution in [0.5, 0.6) is 23.0 Å². The first-order valence-electron chi connectivity index (χ1n) is 10.4. The minimum atomic E-state index is -0.704. The molecule has 0 fully saturated rings. The van der Waals surface area contributed by atoms with E-state index in [0.29, 0.717) is 55.8 Å². The predicted molar refractivity (Wildman–Crippen MR) is 115 cm³/mol. The summed E-state index contributed by atoms with van der Waals surface area (Å²) in [6.07, 6.45) is 0.203. The second-order valence-corrected chi connectivity index (χ2v) is 6.86. The molecule has 166 valence electrons. The summed E-state index contributed by atoms with van der Waals surface area (Å²) in [5, 5.41) is 5.22. The van der Waals surface area contributed by atoms with E-state index in [1.165, 1.54) is 0 Å². The van der Waals surface area contributed by atoms with Crippen LogP contribution >= 0.6 is 0 Å². The quantitative estimate of drug-likeness (QED) is 0.594. The SMILES string of the molecule is CCOc1ccc(CCNC(=O)C(=O)NCC2COc3ccccc3O2)cc1OCC. The van der Waals surface area contributed by atoms with Crippen molar-refractivity contribution in [3.63, 3.8) is 0 Å². The Morgan fingerprint density at radius 3 is 2.45 bits per heavy atom. The molecule has 1 aliphatic heterocycles. The van der Waals surface area contributed by atoms with E-state index in [2.05, 4.69) is 10.6 Å². The maximum Gasteiger partial charge on any atom is 0.309 e. The van der Waals surface area contributed by atoms with Crippen molar-refractivity contribution in [3.8, 4) is 23.0 Å². The molecule has 3 rings (SSSR count). The lowest BCUT2D eigenvalue weighted by Gasteiger charge is -2.26. The van der Waals surface area contributed by atoms with Crippen molar-refractivity contribution in [1.82, 2.24) is 10.6 Å². The minimum Gasteiger partial charge on any atom is -0.490 e. The third-order valence-electron chi connectivity index (χ3n) is 4.57. The molecule has 0 aromatic heterocycles. The van der Waals surface area contributed by atoms with Gasteiger partial charge >= 0.3 is 11.8 Å². The fourth-order valence-corrected chi connectivity index (χ4v) is 3.10. The summed E-state index contributed by atoms with van der Waals surface area (Å²) in [5.41, 5.74) is 0.971. The van der Waals surface area contributed by atoms with Crippen LogP contribution < -0.4 is 29.6 Å². The van der Waals surface area contributed by atoms with E-state index >= 15 is 0 Å². The number of nitrogens with one attached hydrogen (secondary N) is 2. The van der Waals surface area contributed by atoms with E-state index in [1.54, 1.807) is 6.07 Å². The molecule has 1 aliphatic rings. The van der Waals surface area contributed by atoms with Crippen molar-refractivity contribution >= 4 is 11.8 Å². The van der Waals surface area contributed by atoms with Gasteiger partial charge in [-0.3, -0.25) is 9.59 Å². The average molecular weight is 428 g/mol. The number of benzene rings is 2. The summed E-state index contributed by atoms with van der Waals surface area (Å²) in [5.74, 6) is 1.26. The molecule has 2 aromatic rings. The number of amides is 2. The third-order valence-corrected chi connectivity index (χ3v) is 4.57. The average Bonchev–Trinajstić information content (AvgIpc) is 2.79. The molecule has 0 spiro atoms. The van der Waals surface area contributed by atoms with Gasteiger partial charge in [-0.05, 0) is 50.1 Å². The van der Waals surface area contributed by atoms with Gasteiger partial charge in [0.2, 0.25) is 0 Å². The Morgan fingerprint density at radius 2 is 1.68 bits per heavy atom. The fourth-order valence-electron chi connectivity index (χ4n) is 3.10. The van der Waals surface area contributed by atoms with Gasteiger partial charge in [0.1, 0.15) is 12.7 Å². The van der Waals surface area contributed by atoms with Gasteiger partial charge in [0.25, 0.3) is 0 Å². The molecular formula is C23H28N2O6. The van der Waals surface area contributed by atoms with Crippen LogP contribution in [0.2, 0.25) is 0 Å². The van der Waals surface area contributed by atoms with Gasteiger partial charge in [-0.25, -0.2) is 0 Å². The van der Waals surface area contributed by atoms with Crippen molar-refractivity contribution in [2.24, 2.45) is 0 Å². The molecule has 0 saturated carbocycles. The van der Waals surface area contributed by atoms with Crippen molar-refractivity contribution in [2.75, 3.05) is 32.9 Å². The Balaban J connectivity index is 1.41. The number of ether oxygens (including phenoxy) is 4. The lowest BCUT2D eigenvalue weighted by molar-refractivity contribution is -0.139. The van der Waals surface area contributed by atoms with E-state index in [1.807, 2.05) is 50.2 Å². The van der Waals surface area contributed by atoms with Crippen LogP contribution in [-0.4, -0.2) is 50.8 Å². The molecule has 31 heavy (non-hydrogen) atoms. The highest BCUT2D eigenvalue weighted by atomic mass is 16.6. The molecule has 0 aliphatic carbocycles. The van der Waals surface area contributed by atoms with E-state index in [4.69, 9.17) is 18.9 Å². The standard InChI is InChI=1S/C23H28N2O6/c1-3-28-19-10-9-16(13-21(19)29-4-2)11-12-24-22(26)23(27)25-14-17-15-30-18-7-5-6-8-20(18)31-17/h5-10,13,17H,3-4,11-12,14-15H2,1-2H3,(H,24,26)(H,25,27). The molecule has 1 unspecified atom stereocenters. The van der Waals surface area contributed by atoms with Gasteiger partial charge < -0.3 is 29.6 Å². The van der Waals surface area contributed by atoms with Crippen LogP contribution in [0.25, 0.3) is 0 Å². The maximum atomic E-state index is 12.1. The van der Waals surface area contributed by atoms with Crippen LogP contribution in [0.1, 0.15) is 19.4 Å². The van der Waals surface area contributed by atoms with Gasteiger partial charge in [0.05, 0.1) is 19.8 Å². The summed E-state index contributed by atoms with van der Waals surface area (Å²) in [4.78, 5) is 24.1. The highest BCUT2D eigenvalue weighted by molar-refractivity contribution is 6.35. The molecule has 8 nitrogen and oxygen atoms in total. The summed E-state index contributed by atoms with van der Waals surface area (Å²) >= 11 is 0. The molecule has 2 aromatic carbocycles. The predicted octanol–water partition coefficient (Wildman–Crippen LogP) is 2.10. The molecule has 8 heteroatoms. The topological polar surface area (TPSA) is 95.1 Å². The van der Waals surface area contributed by atoms with Gasteiger partial charge in [0.15, 0.2) is 23.0 Å². The Labute approximate surface area is 181 Å². The summed E-state index contributed by atoms with van der Waals surface area (Å²) in [6, 6.07) is 13.0. The Morgan fingerprint density at radius 1 is 0.968 bits per heavy atom. The first kappa shape index (κ1) is 22.3. The van der Waals surface area contributed by atoms with E-state index in [-0.39, 0.29) is 12.6 Å². The number of hydrogen-bond donors (Lipinski definition) is 2. The van der Waals surface area contributed by atoms with Crippen LogP contribution in [0, 0.1) is 0 Å². The van der Waals surface area contributed by atoms with Gasteiger partial charge in [-0.2, -0.15) is 0 Å². The van der Waals surface area contributed by atoms with E-state index in [0.717, 1.165) is 5.56 Å². The molecule has 1 atom stereocenters. The molecule has 2 amide bonds. The van der Waals surface area contributed by atoms with Crippen LogP contribution in [0.3, 0.4) is 0 Å². The lowest BCUT2D eigenvalue weighted by Crippen LogP contribution is -2.46. The highest BCUT2D eigenvalue weighted by Crippen LogP contribution is 2.30. The van der Waals surface area contributed by atoms with Crippen molar-refractivity contribution in [3.05, 3.63) is 48.0 Å². The minimum absolute atomic E-state index is 0.178. The van der Waals surface area contributed by atoms with Crippen molar-refractivity contribution in [2.45, 2.75) is 26.4 Å². The van der Waals surface area contributed by atoms with Crippen LogP contribution in [0.4, 0.5) is 0 Å². The Hall–Kier alpha value is -3.42. The summed E-state index contributed by atoms with van der Waals surface area (Å²) in [6.45, 7) is 5.70. The zero-order valence-electron chi connectivity index (χ0n) is 17.8.